The molecule has 2 aliphatic heterocycles. The number of carbonyl (C=O) groups is 2. The molecule has 3 unspecified atom stereocenters. The van der Waals surface area contributed by atoms with Crippen molar-refractivity contribution in [3.8, 4) is 11.8 Å². The highest BCUT2D eigenvalue weighted by Crippen LogP contribution is 2.37. The van der Waals surface area contributed by atoms with Crippen molar-refractivity contribution >= 4 is 29.3 Å². The summed E-state index contributed by atoms with van der Waals surface area (Å²) in [7, 11) is 0. The summed E-state index contributed by atoms with van der Waals surface area (Å²) in [6.07, 6.45) is 3.60. The normalized spacial score (nSPS) is 21.3. The topological polar surface area (TPSA) is 97.7 Å². The molecule has 0 radical (unpaired) electrons. The summed E-state index contributed by atoms with van der Waals surface area (Å²) in [6, 6.07) is 10.0. The molecule has 0 spiro atoms. The minimum atomic E-state index is -0.746. The van der Waals surface area contributed by atoms with E-state index >= 15 is 0 Å². The van der Waals surface area contributed by atoms with E-state index in [0.29, 0.717) is 39.1 Å². The van der Waals surface area contributed by atoms with Crippen molar-refractivity contribution in [1.29, 1.82) is 5.26 Å². The molecule has 8 nitrogen and oxygen atoms in total. The van der Waals surface area contributed by atoms with Gasteiger partial charge in [-0.05, 0) is 58.3 Å². The number of hydrogen-bond donors (Lipinski definition) is 2. The van der Waals surface area contributed by atoms with Crippen molar-refractivity contribution in [3.05, 3.63) is 24.3 Å². The van der Waals surface area contributed by atoms with Gasteiger partial charge in [-0.3, -0.25) is 14.5 Å². The first-order valence-corrected chi connectivity index (χ1v) is 13.3. The lowest BCUT2D eigenvalue weighted by molar-refractivity contribution is -0.131. The average Bonchev–Trinajstić information content (AvgIpc) is 3.45. The minimum Gasteiger partial charge on any atom is -0.492 e. The van der Waals surface area contributed by atoms with E-state index in [-0.39, 0.29) is 22.4 Å². The molecule has 3 rings (SSSR count). The Bertz CT molecular complexity index is 855. The summed E-state index contributed by atoms with van der Waals surface area (Å²) in [4.78, 5) is 29.3. The van der Waals surface area contributed by atoms with Crippen LogP contribution in [0, 0.1) is 17.2 Å². The van der Waals surface area contributed by atoms with Gasteiger partial charge in [0, 0.05) is 44.4 Å². The predicted octanol–water partition coefficient (Wildman–Crippen LogP) is 2.92. The molecule has 0 aliphatic carbocycles. The lowest BCUT2D eigenvalue weighted by Crippen LogP contribution is -2.38. The van der Waals surface area contributed by atoms with Gasteiger partial charge in [-0.1, -0.05) is 6.07 Å². The maximum atomic E-state index is 12.9. The minimum absolute atomic E-state index is 0.0888. The Balaban J connectivity index is 1.46. The van der Waals surface area contributed by atoms with Crippen LogP contribution in [0.5, 0.6) is 5.75 Å². The van der Waals surface area contributed by atoms with E-state index in [0.717, 1.165) is 18.0 Å². The Hall–Kier alpha value is -2.44. The fourth-order valence-electron chi connectivity index (χ4n) is 4.44. The first kappa shape index (κ1) is 26.2. The van der Waals surface area contributed by atoms with Crippen LogP contribution in [0.15, 0.2) is 24.3 Å². The first-order chi connectivity index (χ1) is 16.5. The molecule has 186 valence electrons. The Morgan fingerprint density at radius 2 is 2.12 bits per heavy atom. The molecule has 2 amide bonds. The van der Waals surface area contributed by atoms with Gasteiger partial charge in [0.15, 0.2) is 0 Å². The van der Waals surface area contributed by atoms with E-state index in [1.807, 2.05) is 38.1 Å². The summed E-state index contributed by atoms with van der Waals surface area (Å²) in [5.41, 5.74) is 0.971. The van der Waals surface area contributed by atoms with Gasteiger partial charge in [0.1, 0.15) is 18.3 Å². The van der Waals surface area contributed by atoms with E-state index in [9.17, 15) is 14.9 Å². The number of nitriles is 1. The Labute approximate surface area is 207 Å². The molecule has 0 saturated carbocycles. The average molecular weight is 488 g/mol. The van der Waals surface area contributed by atoms with Gasteiger partial charge in [-0.15, -0.1) is 11.8 Å². The fraction of sp³-hybridized carbons (Fsp3) is 0.640. The van der Waals surface area contributed by atoms with Crippen molar-refractivity contribution in [1.82, 2.24) is 15.1 Å². The van der Waals surface area contributed by atoms with Crippen LogP contribution in [0.25, 0.3) is 0 Å². The zero-order chi connectivity index (χ0) is 24.3. The Morgan fingerprint density at radius 1 is 1.32 bits per heavy atom. The molecule has 0 aromatic heterocycles. The third-order valence-electron chi connectivity index (χ3n) is 6.27. The molecule has 2 fully saturated rings. The van der Waals surface area contributed by atoms with Gasteiger partial charge in [0.25, 0.3) is 0 Å². The molecular weight excluding hydrogens is 450 g/mol. The second kappa shape index (κ2) is 13.4. The molecule has 1 aromatic carbocycles. The molecule has 9 heteroatoms. The summed E-state index contributed by atoms with van der Waals surface area (Å²) in [5, 5.41) is 15.2. The zero-order valence-electron chi connectivity index (χ0n) is 20.3. The summed E-state index contributed by atoms with van der Waals surface area (Å²) < 4.78 is 5.93. The van der Waals surface area contributed by atoms with Gasteiger partial charge >= 0.3 is 0 Å². The number of ether oxygens (including phenoxy) is 1. The van der Waals surface area contributed by atoms with Crippen molar-refractivity contribution < 1.29 is 14.3 Å². The lowest BCUT2D eigenvalue weighted by atomic mass is 10.1. The SMILES string of the molecule is CCNC(=O)C(C#N)CC1SC(CCNc2cccc(OCCN3CCCC3)c2)C(=O)N1CC. The second-order valence-electron chi connectivity index (χ2n) is 8.66. The molecule has 2 heterocycles. The summed E-state index contributed by atoms with van der Waals surface area (Å²) in [5.74, 6) is -0.0716. The van der Waals surface area contributed by atoms with Crippen molar-refractivity contribution in [2.75, 3.05) is 51.2 Å². The molecule has 34 heavy (non-hydrogen) atoms. The van der Waals surface area contributed by atoms with Crippen LogP contribution in [-0.4, -0.2) is 78.1 Å². The molecule has 1 aromatic rings. The molecule has 2 saturated heterocycles. The highest BCUT2D eigenvalue weighted by Gasteiger charge is 2.40. The van der Waals surface area contributed by atoms with E-state index < -0.39 is 5.92 Å². The number of hydrogen-bond acceptors (Lipinski definition) is 7. The van der Waals surface area contributed by atoms with E-state index in [4.69, 9.17) is 4.74 Å². The molecule has 2 aliphatic rings. The molecular formula is C25H37N5O3S. The van der Waals surface area contributed by atoms with Crippen LogP contribution < -0.4 is 15.4 Å². The highest BCUT2D eigenvalue weighted by molar-refractivity contribution is 8.01. The van der Waals surface area contributed by atoms with Crippen LogP contribution in [0.2, 0.25) is 0 Å². The van der Waals surface area contributed by atoms with Crippen molar-refractivity contribution in [2.24, 2.45) is 5.92 Å². The maximum absolute atomic E-state index is 12.9. The van der Waals surface area contributed by atoms with Crippen LogP contribution in [0.3, 0.4) is 0 Å². The number of rotatable bonds is 13. The van der Waals surface area contributed by atoms with E-state index in [1.165, 1.54) is 25.9 Å². The largest absolute Gasteiger partial charge is 0.492 e. The van der Waals surface area contributed by atoms with Gasteiger partial charge in [0.05, 0.1) is 16.7 Å². The molecule has 3 atom stereocenters. The van der Waals surface area contributed by atoms with E-state index in [2.05, 4.69) is 21.6 Å². The lowest BCUT2D eigenvalue weighted by Gasteiger charge is -2.23. The monoisotopic (exact) mass is 487 g/mol. The fourth-order valence-corrected chi connectivity index (χ4v) is 6.03. The Kier molecular flexibility index (Phi) is 10.4. The zero-order valence-corrected chi connectivity index (χ0v) is 21.1. The maximum Gasteiger partial charge on any atom is 0.237 e. The number of nitrogens with zero attached hydrogens (tertiary/aromatic N) is 3. The molecule has 2 N–H and O–H groups in total. The van der Waals surface area contributed by atoms with E-state index in [1.54, 1.807) is 16.7 Å². The summed E-state index contributed by atoms with van der Waals surface area (Å²) in [6.45, 7) is 9.47. The third-order valence-corrected chi connectivity index (χ3v) is 7.80. The van der Waals surface area contributed by atoms with Gasteiger partial charge in [-0.2, -0.15) is 5.26 Å². The molecule has 0 bridgehead atoms. The van der Waals surface area contributed by atoms with Crippen LogP contribution >= 0.6 is 11.8 Å². The number of thioether (sulfide) groups is 1. The highest BCUT2D eigenvalue weighted by atomic mass is 32.2. The van der Waals surface area contributed by atoms with Crippen LogP contribution in [0.4, 0.5) is 5.69 Å². The first-order valence-electron chi connectivity index (χ1n) is 12.4. The number of carbonyl (C=O) groups excluding carboxylic acids is 2. The standard InChI is InChI=1S/C25H37N5O3S/c1-3-27-24(31)19(18-26)16-23-30(4-2)25(32)22(34-23)10-11-28-20-8-7-9-21(17-20)33-15-14-29-12-5-6-13-29/h7-9,17,19,22-23,28H,3-6,10-16H2,1-2H3,(H,27,31). The number of benzene rings is 1. The summed E-state index contributed by atoms with van der Waals surface area (Å²) >= 11 is 1.57. The van der Waals surface area contributed by atoms with Crippen LogP contribution in [0.1, 0.15) is 39.5 Å². The number of nitrogens with one attached hydrogen (secondary N) is 2. The van der Waals surface area contributed by atoms with Gasteiger partial charge in [-0.25, -0.2) is 0 Å². The Morgan fingerprint density at radius 3 is 2.82 bits per heavy atom. The smallest absolute Gasteiger partial charge is 0.237 e. The second-order valence-corrected chi connectivity index (χ2v) is 10.0. The number of likely N-dealkylation sites (tertiary alicyclic amines) is 1. The van der Waals surface area contributed by atoms with Crippen molar-refractivity contribution in [3.63, 3.8) is 0 Å². The predicted molar refractivity (Wildman–Crippen MR) is 136 cm³/mol. The number of amides is 2. The van der Waals surface area contributed by atoms with Gasteiger partial charge < -0.3 is 20.3 Å². The quantitative estimate of drug-likeness (QED) is 0.441. The third kappa shape index (κ3) is 7.28. The van der Waals surface area contributed by atoms with Crippen LogP contribution in [-0.2, 0) is 9.59 Å². The van der Waals surface area contributed by atoms with Gasteiger partial charge in [0.2, 0.25) is 11.8 Å². The number of anilines is 1. The van der Waals surface area contributed by atoms with Crippen molar-refractivity contribution in [2.45, 2.75) is 50.2 Å².